The van der Waals surface area contributed by atoms with Gasteiger partial charge in [-0.15, -0.1) is 0 Å². The Kier molecular flexibility index (Phi) is 4.46. The Balaban J connectivity index is 3.01. The summed E-state index contributed by atoms with van der Waals surface area (Å²) in [6.45, 7) is 1.89. The zero-order valence-electron chi connectivity index (χ0n) is 10.1. The summed E-state index contributed by atoms with van der Waals surface area (Å²) in [5, 5.41) is 2.56. The number of hydrogen-bond acceptors (Lipinski definition) is 3. The van der Waals surface area contributed by atoms with Gasteiger partial charge in [0.2, 0.25) is 0 Å². The Morgan fingerprint density at radius 2 is 2.00 bits per heavy atom. The van der Waals surface area contributed by atoms with Crippen molar-refractivity contribution in [1.82, 2.24) is 5.32 Å². The highest BCUT2D eigenvalue weighted by Crippen LogP contribution is 2.11. The molecule has 0 atom stereocenters. The van der Waals surface area contributed by atoms with Gasteiger partial charge in [-0.05, 0) is 36.3 Å². The van der Waals surface area contributed by atoms with E-state index in [9.17, 15) is 9.59 Å². The van der Waals surface area contributed by atoms with Crippen molar-refractivity contribution in [3.63, 3.8) is 0 Å². The van der Waals surface area contributed by atoms with Gasteiger partial charge in [-0.1, -0.05) is 6.07 Å². The molecule has 0 saturated carbocycles. The lowest BCUT2D eigenvalue weighted by molar-refractivity contribution is -0.134. The summed E-state index contributed by atoms with van der Waals surface area (Å²) in [4.78, 5) is 22.4. The summed E-state index contributed by atoms with van der Waals surface area (Å²) in [7, 11) is 2.90. The van der Waals surface area contributed by atoms with Gasteiger partial charge in [-0.3, -0.25) is 4.79 Å². The van der Waals surface area contributed by atoms with Crippen molar-refractivity contribution in [2.45, 2.75) is 6.92 Å². The predicted molar refractivity (Wildman–Crippen MR) is 65.6 cm³/mol. The van der Waals surface area contributed by atoms with Crippen LogP contribution in [0.4, 0.5) is 0 Å². The first-order valence-electron chi connectivity index (χ1n) is 5.16. The van der Waals surface area contributed by atoms with Crippen LogP contribution in [0.5, 0.6) is 0 Å². The fraction of sp³-hybridized carbons (Fsp3) is 0.231. The molecule has 0 aromatic heterocycles. The van der Waals surface area contributed by atoms with Crippen LogP contribution in [-0.2, 0) is 9.53 Å². The largest absolute Gasteiger partial charge is 0.466 e. The summed E-state index contributed by atoms with van der Waals surface area (Å²) < 4.78 is 4.50. The summed E-state index contributed by atoms with van der Waals surface area (Å²) in [5.41, 5.74) is 2.31. The first-order chi connectivity index (χ1) is 8.06. The molecular weight excluding hydrogens is 218 g/mol. The monoisotopic (exact) mass is 233 g/mol. The Hall–Kier alpha value is -2.10. The van der Waals surface area contributed by atoms with E-state index in [0.717, 1.165) is 11.1 Å². The van der Waals surface area contributed by atoms with Gasteiger partial charge < -0.3 is 10.1 Å². The molecule has 4 heteroatoms. The Labute approximate surface area is 100 Å². The van der Waals surface area contributed by atoms with Crippen molar-refractivity contribution in [3.8, 4) is 0 Å². The third-order valence-electron chi connectivity index (χ3n) is 2.20. The van der Waals surface area contributed by atoms with Crippen LogP contribution in [0.15, 0.2) is 24.3 Å². The SMILES string of the molecule is CNC(=O)c1cc(C)cc(/C=C/C(=O)OC)c1. The predicted octanol–water partition coefficient (Wildman–Crippen LogP) is 1.54. The van der Waals surface area contributed by atoms with Crippen LogP contribution in [-0.4, -0.2) is 26.0 Å². The van der Waals surface area contributed by atoms with E-state index in [1.807, 2.05) is 13.0 Å². The molecule has 1 aromatic carbocycles. The molecule has 0 heterocycles. The van der Waals surface area contributed by atoms with Gasteiger partial charge in [0.15, 0.2) is 0 Å². The lowest BCUT2D eigenvalue weighted by Gasteiger charge is -2.03. The molecular formula is C13H15NO3. The average molecular weight is 233 g/mol. The lowest BCUT2D eigenvalue weighted by Crippen LogP contribution is -2.17. The van der Waals surface area contributed by atoms with Crippen LogP contribution >= 0.6 is 0 Å². The smallest absolute Gasteiger partial charge is 0.330 e. The summed E-state index contributed by atoms with van der Waals surface area (Å²) >= 11 is 0. The van der Waals surface area contributed by atoms with Gasteiger partial charge >= 0.3 is 5.97 Å². The molecule has 4 nitrogen and oxygen atoms in total. The second kappa shape index (κ2) is 5.84. The van der Waals surface area contributed by atoms with Crippen LogP contribution in [0, 0.1) is 6.92 Å². The highest BCUT2D eigenvalue weighted by molar-refractivity contribution is 5.95. The molecule has 0 saturated heterocycles. The maximum Gasteiger partial charge on any atom is 0.330 e. The maximum atomic E-state index is 11.5. The molecule has 0 aliphatic rings. The molecule has 0 unspecified atom stereocenters. The first-order valence-corrected chi connectivity index (χ1v) is 5.16. The Bertz CT molecular complexity index is 464. The average Bonchev–Trinajstić information content (AvgIpc) is 2.34. The molecule has 0 aliphatic heterocycles. The Morgan fingerprint density at radius 3 is 2.59 bits per heavy atom. The van der Waals surface area contributed by atoms with Crippen molar-refractivity contribution >= 4 is 18.0 Å². The molecule has 17 heavy (non-hydrogen) atoms. The molecule has 0 fully saturated rings. The van der Waals surface area contributed by atoms with E-state index in [2.05, 4.69) is 10.1 Å². The standard InChI is InChI=1S/C13H15NO3/c1-9-6-10(4-5-12(15)17-3)8-11(7-9)13(16)14-2/h4-8H,1-3H3,(H,14,16)/b5-4+. The summed E-state index contributed by atoms with van der Waals surface area (Å²) in [5.74, 6) is -0.575. The Morgan fingerprint density at radius 1 is 1.29 bits per heavy atom. The van der Waals surface area contributed by atoms with Gasteiger partial charge in [0.25, 0.3) is 5.91 Å². The van der Waals surface area contributed by atoms with Gasteiger partial charge in [0, 0.05) is 18.7 Å². The number of rotatable bonds is 3. The van der Waals surface area contributed by atoms with Crippen LogP contribution < -0.4 is 5.32 Å². The van der Waals surface area contributed by atoms with Crippen molar-refractivity contribution < 1.29 is 14.3 Å². The van der Waals surface area contributed by atoms with Crippen LogP contribution in [0.1, 0.15) is 21.5 Å². The van der Waals surface area contributed by atoms with E-state index in [1.165, 1.54) is 13.2 Å². The molecule has 1 amide bonds. The van der Waals surface area contributed by atoms with E-state index in [4.69, 9.17) is 0 Å². The van der Waals surface area contributed by atoms with Crippen molar-refractivity contribution in [3.05, 3.63) is 41.0 Å². The molecule has 0 spiro atoms. The number of ether oxygens (including phenoxy) is 1. The third kappa shape index (κ3) is 3.75. The van der Waals surface area contributed by atoms with Gasteiger partial charge in [-0.25, -0.2) is 4.79 Å². The molecule has 1 rings (SSSR count). The van der Waals surface area contributed by atoms with Crippen LogP contribution in [0.3, 0.4) is 0 Å². The molecule has 1 N–H and O–H groups in total. The topological polar surface area (TPSA) is 55.4 Å². The van der Waals surface area contributed by atoms with Crippen molar-refractivity contribution in [2.24, 2.45) is 0 Å². The minimum atomic E-state index is -0.423. The minimum absolute atomic E-state index is 0.151. The normalized spacial score (nSPS) is 10.3. The highest BCUT2D eigenvalue weighted by Gasteiger charge is 2.04. The van der Waals surface area contributed by atoms with E-state index in [1.54, 1.807) is 25.3 Å². The zero-order valence-corrected chi connectivity index (χ0v) is 10.1. The molecule has 0 radical (unpaired) electrons. The molecule has 90 valence electrons. The number of nitrogens with one attached hydrogen (secondary N) is 1. The fourth-order valence-corrected chi connectivity index (χ4v) is 1.42. The maximum absolute atomic E-state index is 11.5. The lowest BCUT2D eigenvalue weighted by atomic mass is 10.1. The minimum Gasteiger partial charge on any atom is -0.466 e. The number of carbonyl (C=O) groups excluding carboxylic acids is 2. The van der Waals surface area contributed by atoms with Crippen molar-refractivity contribution in [2.75, 3.05) is 14.2 Å². The van der Waals surface area contributed by atoms with E-state index in [0.29, 0.717) is 5.56 Å². The molecule has 1 aromatic rings. The number of benzene rings is 1. The van der Waals surface area contributed by atoms with Gasteiger partial charge in [0.1, 0.15) is 0 Å². The number of amides is 1. The molecule has 0 bridgehead atoms. The second-order valence-electron chi connectivity index (χ2n) is 3.57. The van der Waals surface area contributed by atoms with Gasteiger partial charge in [-0.2, -0.15) is 0 Å². The van der Waals surface area contributed by atoms with E-state index >= 15 is 0 Å². The number of carbonyl (C=O) groups is 2. The zero-order chi connectivity index (χ0) is 12.8. The first kappa shape index (κ1) is 13.0. The highest BCUT2D eigenvalue weighted by atomic mass is 16.5. The number of hydrogen-bond donors (Lipinski definition) is 1. The third-order valence-corrected chi connectivity index (χ3v) is 2.20. The molecule has 0 aliphatic carbocycles. The van der Waals surface area contributed by atoms with E-state index < -0.39 is 5.97 Å². The quantitative estimate of drug-likeness (QED) is 0.636. The fourth-order valence-electron chi connectivity index (χ4n) is 1.42. The van der Waals surface area contributed by atoms with Crippen LogP contribution in [0.2, 0.25) is 0 Å². The van der Waals surface area contributed by atoms with Crippen LogP contribution in [0.25, 0.3) is 6.08 Å². The summed E-state index contributed by atoms with van der Waals surface area (Å²) in [6, 6.07) is 5.38. The summed E-state index contributed by atoms with van der Waals surface area (Å²) in [6.07, 6.45) is 2.94. The van der Waals surface area contributed by atoms with Gasteiger partial charge in [0.05, 0.1) is 7.11 Å². The second-order valence-corrected chi connectivity index (χ2v) is 3.57. The number of esters is 1. The van der Waals surface area contributed by atoms with E-state index in [-0.39, 0.29) is 5.91 Å². The van der Waals surface area contributed by atoms with Crippen molar-refractivity contribution in [1.29, 1.82) is 0 Å². The number of methoxy groups -OCH3 is 1. The number of aryl methyl sites for hydroxylation is 1.